The summed E-state index contributed by atoms with van der Waals surface area (Å²) in [6, 6.07) is 21.6. The number of pyridine rings is 1. The third kappa shape index (κ3) is 4.77. The van der Waals surface area contributed by atoms with Crippen LogP contribution in [0.1, 0.15) is 21.6 Å². The number of carbonyl (C=O) groups excluding carboxylic acids is 2. The van der Waals surface area contributed by atoms with Gasteiger partial charge in [0.15, 0.2) is 0 Å². The summed E-state index contributed by atoms with van der Waals surface area (Å²) in [6.07, 6.45) is 1.77. The Bertz CT molecular complexity index is 880. The maximum Gasteiger partial charge on any atom is 0.340 e. The van der Waals surface area contributed by atoms with Crippen LogP contribution in [0, 0.1) is 0 Å². The molecular weight excluding hydrogens is 328 g/mol. The van der Waals surface area contributed by atoms with E-state index in [0.717, 1.165) is 5.56 Å². The van der Waals surface area contributed by atoms with Gasteiger partial charge in [-0.1, -0.05) is 48.5 Å². The lowest BCUT2D eigenvalue weighted by Crippen LogP contribution is -2.18. The molecule has 2 aromatic carbocycles. The average molecular weight is 346 g/mol. The minimum atomic E-state index is -0.484. The van der Waals surface area contributed by atoms with Crippen LogP contribution in [0.2, 0.25) is 0 Å². The van der Waals surface area contributed by atoms with Crippen LogP contribution in [0.25, 0.3) is 0 Å². The van der Waals surface area contributed by atoms with Gasteiger partial charge < -0.3 is 10.1 Å². The highest BCUT2D eigenvalue weighted by Crippen LogP contribution is 2.17. The number of amides is 1. The molecule has 1 heterocycles. The van der Waals surface area contributed by atoms with Crippen LogP contribution in [0.3, 0.4) is 0 Å². The number of anilines is 1. The lowest BCUT2D eigenvalue weighted by molar-refractivity contribution is -0.115. The molecule has 1 aromatic heterocycles. The lowest BCUT2D eigenvalue weighted by atomic mass is 10.1. The summed E-state index contributed by atoms with van der Waals surface area (Å²) in [4.78, 5) is 28.8. The molecular formula is C21H18N2O3. The van der Waals surface area contributed by atoms with E-state index in [1.807, 2.05) is 36.4 Å². The van der Waals surface area contributed by atoms with Crippen LogP contribution in [-0.4, -0.2) is 16.9 Å². The molecule has 0 saturated carbocycles. The summed E-state index contributed by atoms with van der Waals surface area (Å²) < 4.78 is 5.35. The molecule has 0 radical (unpaired) electrons. The fourth-order valence-electron chi connectivity index (χ4n) is 2.43. The Morgan fingerprint density at radius 1 is 0.885 bits per heavy atom. The summed E-state index contributed by atoms with van der Waals surface area (Å²) in [6.45, 7) is 0.176. The Labute approximate surface area is 151 Å². The number of carbonyl (C=O) groups is 2. The molecule has 3 aromatic rings. The third-order valence-electron chi connectivity index (χ3n) is 3.70. The second-order valence-electron chi connectivity index (χ2n) is 5.65. The Morgan fingerprint density at radius 3 is 2.38 bits per heavy atom. The summed E-state index contributed by atoms with van der Waals surface area (Å²) in [5.41, 5.74) is 2.30. The van der Waals surface area contributed by atoms with E-state index < -0.39 is 5.97 Å². The van der Waals surface area contributed by atoms with Gasteiger partial charge >= 0.3 is 5.97 Å². The molecule has 5 nitrogen and oxygen atoms in total. The zero-order valence-electron chi connectivity index (χ0n) is 14.1. The number of rotatable bonds is 6. The molecule has 0 spiro atoms. The number of esters is 1. The minimum Gasteiger partial charge on any atom is -0.457 e. The molecule has 5 heteroatoms. The van der Waals surface area contributed by atoms with Gasteiger partial charge in [0, 0.05) is 11.9 Å². The second kappa shape index (κ2) is 8.58. The first-order valence-electron chi connectivity index (χ1n) is 8.22. The number of hydrogen-bond donors (Lipinski definition) is 1. The van der Waals surface area contributed by atoms with Crippen LogP contribution >= 0.6 is 0 Å². The zero-order chi connectivity index (χ0) is 18.2. The highest BCUT2D eigenvalue weighted by atomic mass is 16.5. The van der Waals surface area contributed by atoms with E-state index >= 15 is 0 Å². The topological polar surface area (TPSA) is 68.3 Å². The predicted molar refractivity (Wildman–Crippen MR) is 98.6 cm³/mol. The fourth-order valence-corrected chi connectivity index (χ4v) is 2.43. The smallest absolute Gasteiger partial charge is 0.340 e. The monoisotopic (exact) mass is 346 g/mol. The first kappa shape index (κ1) is 17.4. The number of para-hydroxylation sites is 1. The Kier molecular flexibility index (Phi) is 5.72. The van der Waals surface area contributed by atoms with Crippen molar-refractivity contribution in [1.29, 1.82) is 0 Å². The zero-order valence-corrected chi connectivity index (χ0v) is 14.1. The first-order valence-corrected chi connectivity index (χ1v) is 8.22. The van der Waals surface area contributed by atoms with Crippen molar-refractivity contribution in [2.24, 2.45) is 0 Å². The van der Waals surface area contributed by atoms with Crippen molar-refractivity contribution in [1.82, 2.24) is 4.98 Å². The molecule has 3 rings (SSSR count). The van der Waals surface area contributed by atoms with Crippen molar-refractivity contribution in [3.63, 3.8) is 0 Å². The van der Waals surface area contributed by atoms with Gasteiger partial charge in [-0.3, -0.25) is 9.78 Å². The molecule has 0 saturated heterocycles. The minimum absolute atomic E-state index is 0.133. The molecule has 130 valence electrons. The van der Waals surface area contributed by atoms with Gasteiger partial charge in [-0.05, 0) is 29.8 Å². The first-order chi connectivity index (χ1) is 12.7. The summed E-state index contributed by atoms with van der Waals surface area (Å²) in [5, 5.41) is 2.76. The van der Waals surface area contributed by atoms with E-state index in [1.54, 1.807) is 42.6 Å². The maximum absolute atomic E-state index is 12.4. The van der Waals surface area contributed by atoms with Gasteiger partial charge in [-0.25, -0.2) is 4.79 Å². The van der Waals surface area contributed by atoms with Crippen LogP contribution in [0.4, 0.5) is 5.69 Å². The molecule has 0 bridgehead atoms. The van der Waals surface area contributed by atoms with Crippen LogP contribution in [-0.2, 0) is 22.6 Å². The summed E-state index contributed by atoms with van der Waals surface area (Å²) in [5.74, 6) is -0.727. The number of nitrogens with one attached hydrogen (secondary N) is 1. The largest absolute Gasteiger partial charge is 0.457 e. The van der Waals surface area contributed by atoms with E-state index in [0.29, 0.717) is 16.9 Å². The van der Waals surface area contributed by atoms with Crippen LogP contribution < -0.4 is 5.32 Å². The second-order valence-corrected chi connectivity index (χ2v) is 5.65. The number of benzene rings is 2. The van der Waals surface area contributed by atoms with Crippen LogP contribution in [0.15, 0.2) is 79.0 Å². The average Bonchev–Trinajstić information content (AvgIpc) is 2.68. The van der Waals surface area contributed by atoms with Crippen molar-refractivity contribution in [3.05, 3.63) is 95.8 Å². The molecule has 0 atom stereocenters. The van der Waals surface area contributed by atoms with Gasteiger partial charge in [0.1, 0.15) is 6.61 Å². The number of hydrogen-bond acceptors (Lipinski definition) is 4. The van der Waals surface area contributed by atoms with E-state index in [-0.39, 0.29) is 18.9 Å². The maximum atomic E-state index is 12.4. The SMILES string of the molecule is O=C(Cc1ccccn1)Nc1ccccc1C(=O)OCc1ccccc1. The van der Waals surface area contributed by atoms with E-state index in [4.69, 9.17) is 4.74 Å². The van der Waals surface area contributed by atoms with E-state index in [2.05, 4.69) is 10.3 Å². The van der Waals surface area contributed by atoms with Crippen molar-refractivity contribution in [2.75, 3.05) is 5.32 Å². The third-order valence-corrected chi connectivity index (χ3v) is 3.70. The predicted octanol–water partition coefficient (Wildman–Crippen LogP) is 3.62. The Balaban J connectivity index is 1.65. The van der Waals surface area contributed by atoms with Gasteiger partial charge in [0.25, 0.3) is 0 Å². The highest BCUT2D eigenvalue weighted by Gasteiger charge is 2.15. The molecule has 1 amide bonds. The lowest BCUT2D eigenvalue weighted by Gasteiger charge is -2.11. The molecule has 1 N–H and O–H groups in total. The van der Waals surface area contributed by atoms with E-state index in [1.165, 1.54) is 0 Å². The number of nitrogens with zero attached hydrogens (tertiary/aromatic N) is 1. The van der Waals surface area contributed by atoms with Gasteiger partial charge in [0.2, 0.25) is 5.91 Å². The molecule has 0 fully saturated rings. The molecule has 0 aliphatic heterocycles. The molecule has 26 heavy (non-hydrogen) atoms. The quantitative estimate of drug-likeness (QED) is 0.692. The summed E-state index contributed by atoms with van der Waals surface area (Å²) >= 11 is 0. The number of aromatic nitrogens is 1. The molecule has 0 aliphatic carbocycles. The van der Waals surface area contributed by atoms with Crippen molar-refractivity contribution >= 4 is 17.6 Å². The van der Waals surface area contributed by atoms with Gasteiger partial charge in [-0.2, -0.15) is 0 Å². The van der Waals surface area contributed by atoms with Gasteiger partial charge in [-0.15, -0.1) is 0 Å². The fraction of sp³-hybridized carbons (Fsp3) is 0.0952. The summed E-state index contributed by atoms with van der Waals surface area (Å²) in [7, 11) is 0. The van der Waals surface area contributed by atoms with Crippen LogP contribution in [0.5, 0.6) is 0 Å². The highest BCUT2D eigenvalue weighted by molar-refractivity contribution is 6.01. The normalized spacial score (nSPS) is 10.2. The Hall–Kier alpha value is -3.47. The van der Waals surface area contributed by atoms with Crippen molar-refractivity contribution in [2.45, 2.75) is 13.0 Å². The Morgan fingerprint density at radius 2 is 1.62 bits per heavy atom. The van der Waals surface area contributed by atoms with E-state index in [9.17, 15) is 9.59 Å². The van der Waals surface area contributed by atoms with Crippen molar-refractivity contribution < 1.29 is 14.3 Å². The standard InChI is InChI=1S/C21H18N2O3/c24-20(14-17-10-6-7-13-22-17)23-19-12-5-4-11-18(19)21(25)26-15-16-8-2-1-3-9-16/h1-13H,14-15H2,(H,23,24). The van der Waals surface area contributed by atoms with Crippen molar-refractivity contribution in [3.8, 4) is 0 Å². The van der Waals surface area contributed by atoms with Gasteiger partial charge in [0.05, 0.1) is 17.7 Å². The molecule has 0 unspecified atom stereocenters. The number of ether oxygens (including phenoxy) is 1. The molecule has 0 aliphatic rings.